The van der Waals surface area contributed by atoms with E-state index in [2.05, 4.69) is 6.58 Å². The van der Waals surface area contributed by atoms with E-state index in [-0.39, 0.29) is 6.61 Å². The summed E-state index contributed by atoms with van der Waals surface area (Å²) in [4.78, 5) is 11.9. The van der Waals surface area contributed by atoms with Crippen molar-refractivity contribution >= 4 is 29.2 Å². The van der Waals surface area contributed by atoms with Gasteiger partial charge in [-0.3, -0.25) is 4.79 Å². The lowest BCUT2D eigenvalue weighted by molar-refractivity contribution is -0.149. The Morgan fingerprint density at radius 3 is 2.47 bits per heavy atom. The van der Waals surface area contributed by atoms with Gasteiger partial charge in [-0.05, 0) is 5.56 Å². The molecule has 0 aliphatic heterocycles. The number of ether oxygens (including phenoxy) is 1. The summed E-state index contributed by atoms with van der Waals surface area (Å²) in [6.45, 7) is 3.82. The van der Waals surface area contributed by atoms with E-state index in [4.69, 9.17) is 27.9 Å². The van der Waals surface area contributed by atoms with Gasteiger partial charge in [-0.2, -0.15) is 0 Å². The summed E-state index contributed by atoms with van der Waals surface area (Å²) in [5, 5.41) is 0. The average Bonchev–Trinajstić information content (AvgIpc) is 2.91. The zero-order valence-corrected chi connectivity index (χ0v) is 10.7. The molecule has 0 spiro atoms. The Bertz CT molecular complexity index is 442. The van der Waals surface area contributed by atoms with Crippen LogP contribution in [0.1, 0.15) is 12.0 Å². The van der Waals surface area contributed by atoms with Gasteiger partial charge in [0.15, 0.2) is 0 Å². The second-order valence-corrected chi connectivity index (χ2v) is 5.60. The monoisotopic (exact) mass is 270 g/mol. The van der Waals surface area contributed by atoms with Crippen LogP contribution in [0.3, 0.4) is 0 Å². The molecule has 0 aromatic heterocycles. The van der Waals surface area contributed by atoms with Gasteiger partial charge in [0, 0.05) is 6.42 Å². The quantitative estimate of drug-likeness (QED) is 0.476. The van der Waals surface area contributed by atoms with Crippen molar-refractivity contribution in [2.24, 2.45) is 5.41 Å². The van der Waals surface area contributed by atoms with Crippen molar-refractivity contribution in [3.8, 4) is 0 Å². The molecule has 0 N–H and O–H groups in total. The number of hydrogen-bond acceptors (Lipinski definition) is 2. The molecule has 1 aromatic carbocycles. The maximum atomic E-state index is 11.9. The van der Waals surface area contributed by atoms with Gasteiger partial charge in [-0.15, -0.1) is 6.58 Å². The molecule has 1 fully saturated rings. The highest BCUT2D eigenvalue weighted by atomic mass is 35.5. The number of carbonyl (C=O) groups excluding carboxylic acids is 1. The molecule has 0 bridgehead atoms. The maximum Gasteiger partial charge on any atom is 0.319 e. The molecule has 0 saturated heterocycles. The van der Waals surface area contributed by atoms with Crippen LogP contribution in [0.2, 0.25) is 0 Å². The minimum atomic E-state index is -1.07. The second-order valence-electron chi connectivity index (χ2n) is 4.12. The third-order valence-corrected chi connectivity index (χ3v) is 3.90. The molecule has 2 nitrogen and oxygen atoms in total. The molecule has 1 unspecified atom stereocenters. The molecular weight excluding hydrogens is 259 g/mol. The Balaban J connectivity index is 1.97. The van der Waals surface area contributed by atoms with Gasteiger partial charge >= 0.3 is 5.97 Å². The predicted octanol–water partition coefficient (Wildman–Crippen LogP) is 3.48. The first-order chi connectivity index (χ1) is 8.02. The fourth-order valence-corrected chi connectivity index (χ4v) is 2.41. The van der Waals surface area contributed by atoms with E-state index in [1.165, 1.54) is 6.08 Å². The number of esters is 1. The molecule has 1 saturated carbocycles. The van der Waals surface area contributed by atoms with Crippen molar-refractivity contribution in [2.75, 3.05) is 0 Å². The first kappa shape index (κ1) is 12.5. The highest BCUT2D eigenvalue weighted by Gasteiger charge is 2.70. The molecule has 1 atom stereocenters. The van der Waals surface area contributed by atoms with Gasteiger partial charge < -0.3 is 4.74 Å². The summed E-state index contributed by atoms with van der Waals surface area (Å²) in [5.74, 6) is -0.415. The SMILES string of the molecule is C=CC1(C(=O)OCc2ccccc2)CC1(Cl)Cl. The number of carbonyl (C=O) groups is 1. The maximum absolute atomic E-state index is 11.9. The summed E-state index contributed by atoms with van der Waals surface area (Å²) in [6, 6.07) is 9.44. The Hall–Kier alpha value is -0.990. The number of halogens is 2. The van der Waals surface area contributed by atoms with Crippen LogP contribution >= 0.6 is 23.2 Å². The van der Waals surface area contributed by atoms with Crippen LogP contribution in [0.25, 0.3) is 0 Å². The zero-order valence-electron chi connectivity index (χ0n) is 9.16. The van der Waals surface area contributed by atoms with E-state index < -0.39 is 15.7 Å². The minimum Gasteiger partial charge on any atom is -0.460 e. The summed E-state index contributed by atoms with van der Waals surface area (Å²) >= 11 is 11.9. The van der Waals surface area contributed by atoms with Crippen LogP contribution in [0.4, 0.5) is 0 Å². The Kier molecular flexibility index (Phi) is 3.19. The Morgan fingerprint density at radius 1 is 1.41 bits per heavy atom. The highest BCUT2D eigenvalue weighted by molar-refractivity contribution is 6.53. The van der Waals surface area contributed by atoms with Crippen LogP contribution in [0.5, 0.6) is 0 Å². The molecular formula is C13H12Cl2O2. The van der Waals surface area contributed by atoms with E-state index in [0.29, 0.717) is 6.42 Å². The van der Waals surface area contributed by atoms with Crippen LogP contribution < -0.4 is 0 Å². The lowest BCUT2D eigenvalue weighted by Crippen LogP contribution is -2.22. The number of hydrogen-bond donors (Lipinski definition) is 0. The van der Waals surface area contributed by atoms with Crippen molar-refractivity contribution in [1.29, 1.82) is 0 Å². The first-order valence-electron chi connectivity index (χ1n) is 5.24. The summed E-state index contributed by atoms with van der Waals surface area (Å²) in [5.41, 5.74) is -0.0132. The van der Waals surface area contributed by atoms with E-state index in [0.717, 1.165) is 5.56 Å². The van der Waals surface area contributed by atoms with E-state index in [1.54, 1.807) is 0 Å². The normalized spacial score (nSPS) is 25.1. The molecule has 0 amide bonds. The van der Waals surface area contributed by atoms with Gasteiger partial charge in [0.25, 0.3) is 0 Å². The van der Waals surface area contributed by atoms with Crippen molar-refractivity contribution < 1.29 is 9.53 Å². The van der Waals surface area contributed by atoms with Gasteiger partial charge in [0.05, 0.1) is 0 Å². The van der Waals surface area contributed by atoms with Crippen molar-refractivity contribution in [1.82, 2.24) is 0 Å². The lowest BCUT2D eigenvalue weighted by Gasteiger charge is -2.12. The van der Waals surface area contributed by atoms with Crippen LogP contribution in [-0.2, 0) is 16.1 Å². The summed E-state index contributed by atoms with van der Waals surface area (Å²) < 4.78 is 4.14. The third-order valence-electron chi connectivity index (χ3n) is 2.95. The average molecular weight is 271 g/mol. The van der Waals surface area contributed by atoms with E-state index >= 15 is 0 Å². The largest absolute Gasteiger partial charge is 0.460 e. The molecule has 2 rings (SSSR count). The van der Waals surface area contributed by atoms with E-state index in [9.17, 15) is 4.79 Å². The fourth-order valence-electron chi connectivity index (χ4n) is 1.68. The predicted molar refractivity (Wildman–Crippen MR) is 67.9 cm³/mol. The molecule has 0 radical (unpaired) electrons. The number of rotatable bonds is 4. The van der Waals surface area contributed by atoms with Crippen molar-refractivity contribution in [3.05, 3.63) is 48.6 Å². The second kappa shape index (κ2) is 4.35. The molecule has 0 heterocycles. The van der Waals surface area contributed by atoms with Crippen LogP contribution in [-0.4, -0.2) is 10.3 Å². The highest BCUT2D eigenvalue weighted by Crippen LogP contribution is 2.65. The third kappa shape index (κ3) is 2.20. The van der Waals surface area contributed by atoms with Gasteiger partial charge in [0.2, 0.25) is 0 Å². The smallest absolute Gasteiger partial charge is 0.319 e. The van der Waals surface area contributed by atoms with Gasteiger partial charge in [-0.1, -0.05) is 59.6 Å². The molecule has 1 aliphatic carbocycles. The van der Waals surface area contributed by atoms with Gasteiger partial charge in [-0.25, -0.2) is 0 Å². The minimum absolute atomic E-state index is 0.221. The molecule has 17 heavy (non-hydrogen) atoms. The zero-order chi connectivity index (χ0) is 12.5. The molecule has 90 valence electrons. The summed E-state index contributed by atoms with van der Waals surface area (Å²) in [7, 11) is 0. The topological polar surface area (TPSA) is 26.3 Å². The van der Waals surface area contributed by atoms with Gasteiger partial charge in [0.1, 0.15) is 16.4 Å². The standard InChI is InChI=1S/C13H12Cl2O2/c1-2-12(9-13(12,14)15)11(16)17-8-10-6-4-3-5-7-10/h2-7H,1,8-9H2. The van der Waals surface area contributed by atoms with E-state index in [1.807, 2.05) is 30.3 Å². The number of benzene rings is 1. The summed E-state index contributed by atoms with van der Waals surface area (Å²) in [6.07, 6.45) is 1.83. The van der Waals surface area contributed by atoms with Crippen molar-refractivity contribution in [3.63, 3.8) is 0 Å². The Labute approximate surface area is 110 Å². The molecule has 4 heteroatoms. The fraction of sp³-hybridized carbons (Fsp3) is 0.308. The van der Waals surface area contributed by atoms with Crippen LogP contribution in [0, 0.1) is 5.41 Å². The Morgan fingerprint density at radius 2 is 2.00 bits per heavy atom. The molecule has 1 aliphatic rings. The van der Waals surface area contributed by atoms with Crippen LogP contribution in [0.15, 0.2) is 43.0 Å². The van der Waals surface area contributed by atoms with Crippen molar-refractivity contribution in [2.45, 2.75) is 17.4 Å². The lowest BCUT2D eigenvalue weighted by atomic mass is 10.1. The molecule has 1 aromatic rings. The first-order valence-corrected chi connectivity index (χ1v) is 6.00. The number of alkyl halides is 2.